The lowest BCUT2D eigenvalue weighted by Crippen LogP contribution is -2.38. The number of benzene rings is 1. The Balaban J connectivity index is 1.46. The van der Waals surface area contributed by atoms with Crippen molar-refractivity contribution in [1.82, 2.24) is 14.4 Å². The van der Waals surface area contributed by atoms with Crippen LogP contribution in [0.1, 0.15) is 28.9 Å². The van der Waals surface area contributed by atoms with Gasteiger partial charge in [-0.3, -0.25) is 9.59 Å². The smallest absolute Gasteiger partial charge is 0.270 e. The predicted molar refractivity (Wildman–Crippen MR) is 94.8 cm³/mol. The highest BCUT2D eigenvalue weighted by Gasteiger charge is 2.51. The van der Waals surface area contributed by atoms with E-state index in [1.807, 2.05) is 25.4 Å². The number of halogens is 1. The lowest BCUT2D eigenvalue weighted by Gasteiger charge is -2.24. The molecule has 0 unspecified atom stereocenters. The third kappa shape index (κ3) is 2.79. The van der Waals surface area contributed by atoms with Crippen LogP contribution in [0.3, 0.4) is 0 Å². The van der Waals surface area contributed by atoms with Gasteiger partial charge in [-0.15, -0.1) is 0 Å². The number of aryl methyl sites for hydroxylation is 1. The Kier molecular flexibility index (Phi) is 4.05. The molecule has 5 nitrogen and oxygen atoms in total. The Morgan fingerprint density at radius 1 is 1.19 bits per heavy atom. The number of likely N-dealkylation sites (tertiary alicyclic amines) is 2. The largest absolute Gasteiger partial charge is 0.347 e. The second-order valence-corrected chi connectivity index (χ2v) is 7.37. The Hall–Kier alpha value is -2.63. The van der Waals surface area contributed by atoms with Crippen molar-refractivity contribution in [3.8, 4) is 0 Å². The first-order chi connectivity index (χ1) is 12.5. The molecule has 26 heavy (non-hydrogen) atoms. The number of carbonyl (C=O) groups excluding carboxylic acids is 2. The summed E-state index contributed by atoms with van der Waals surface area (Å²) in [6.07, 6.45) is 3.29. The monoisotopic (exact) mass is 355 g/mol. The summed E-state index contributed by atoms with van der Waals surface area (Å²) >= 11 is 0. The lowest BCUT2D eigenvalue weighted by atomic mass is 9.85. The van der Waals surface area contributed by atoms with Crippen molar-refractivity contribution in [2.75, 3.05) is 19.6 Å². The fourth-order valence-corrected chi connectivity index (χ4v) is 4.17. The Labute approximate surface area is 152 Å². The van der Waals surface area contributed by atoms with Gasteiger partial charge in [-0.25, -0.2) is 4.39 Å². The van der Waals surface area contributed by atoms with Gasteiger partial charge in [0.2, 0.25) is 5.91 Å². The van der Waals surface area contributed by atoms with E-state index in [-0.39, 0.29) is 17.6 Å². The number of hydrogen-bond donors (Lipinski definition) is 0. The lowest BCUT2D eigenvalue weighted by molar-refractivity contribution is -0.135. The number of aromatic nitrogens is 1. The highest BCUT2D eigenvalue weighted by Crippen LogP contribution is 2.41. The maximum Gasteiger partial charge on any atom is 0.270 e. The van der Waals surface area contributed by atoms with Gasteiger partial charge >= 0.3 is 0 Å². The number of amides is 2. The first-order valence-electron chi connectivity index (χ1n) is 8.93. The zero-order valence-electron chi connectivity index (χ0n) is 14.8. The molecule has 2 amide bonds. The first kappa shape index (κ1) is 16.8. The zero-order valence-corrected chi connectivity index (χ0v) is 14.8. The van der Waals surface area contributed by atoms with Crippen molar-refractivity contribution in [2.24, 2.45) is 12.5 Å². The van der Waals surface area contributed by atoms with Crippen LogP contribution >= 0.6 is 0 Å². The van der Waals surface area contributed by atoms with Crippen molar-refractivity contribution in [3.05, 3.63) is 59.7 Å². The van der Waals surface area contributed by atoms with Crippen molar-refractivity contribution >= 4 is 11.8 Å². The van der Waals surface area contributed by atoms with Gasteiger partial charge in [0, 0.05) is 39.4 Å². The quantitative estimate of drug-likeness (QED) is 0.849. The second-order valence-electron chi connectivity index (χ2n) is 7.37. The topological polar surface area (TPSA) is 45.6 Å². The molecule has 0 radical (unpaired) electrons. The Morgan fingerprint density at radius 2 is 2.00 bits per heavy atom. The molecule has 0 N–H and O–H groups in total. The normalized spacial score (nSPS) is 22.6. The molecule has 2 saturated heterocycles. The Morgan fingerprint density at radius 3 is 2.73 bits per heavy atom. The Bertz CT molecular complexity index is 862. The van der Waals surface area contributed by atoms with E-state index in [0.29, 0.717) is 38.3 Å². The van der Waals surface area contributed by atoms with E-state index < -0.39 is 5.41 Å². The molecule has 1 aromatic heterocycles. The van der Waals surface area contributed by atoms with Crippen LogP contribution in [0.5, 0.6) is 0 Å². The average molecular weight is 355 g/mol. The molecule has 0 bridgehead atoms. The third-order valence-corrected chi connectivity index (χ3v) is 5.67. The summed E-state index contributed by atoms with van der Waals surface area (Å²) in [5.41, 5.74) is 0.961. The zero-order chi connectivity index (χ0) is 18.3. The maximum atomic E-state index is 13.4. The SMILES string of the molecule is Cn1cccc1C(=O)N1CC[C@]2(CCN(Cc3cccc(F)c3)C2=O)C1. The fourth-order valence-electron chi connectivity index (χ4n) is 4.17. The summed E-state index contributed by atoms with van der Waals surface area (Å²) in [6.45, 7) is 2.14. The van der Waals surface area contributed by atoms with Gasteiger partial charge < -0.3 is 14.4 Å². The van der Waals surface area contributed by atoms with E-state index in [9.17, 15) is 14.0 Å². The summed E-state index contributed by atoms with van der Waals surface area (Å²) < 4.78 is 15.2. The van der Waals surface area contributed by atoms with Crippen LogP contribution in [0.2, 0.25) is 0 Å². The van der Waals surface area contributed by atoms with Gasteiger partial charge in [0.25, 0.3) is 5.91 Å². The molecule has 1 spiro atoms. The molecule has 6 heteroatoms. The molecule has 2 aromatic rings. The molecule has 0 saturated carbocycles. The molecule has 2 fully saturated rings. The first-order valence-corrected chi connectivity index (χ1v) is 8.93. The highest BCUT2D eigenvalue weighted by molar-refractivity contribution is 5.94. The summed E-state index contributed by atoms with van der Waals surface area (Å²) in [4.78, 5) is 29.3. The minimum atomic E-state index is -0.478. The van der Waals surface area contributed by atoms with E-state index >= 15 is 0 Å². The van der Waals surface area contributed by atoms with Crippen LogP contribution in [0.15, 0.2) is 42.6 Å². The van der Waals surface area contributed by atoms with E-state index in [2.05, 4.69) is 0 Å². The van der Waals surface area contributed by atoms with Crippen LogP contribution in [0.25, 0.3) is 0 Å². The molecule has 2 aliphatic rings. The van der Waals surface area contributed by atoms with Crippen molar-refractivity contribution in [3.63, 3.8) is 0 Å². The van der Waals surface area contributed by atoms with Crippen molar-refractivity contribution < 1.29 is 14.0 Å². The third-order valence-electron chi connectivity index (χ3n) is 5.67. The van der Waals surface area contributed by atoms with E-state index in [1.54, 1.807) is 26.5 Å². The van der Waals surface area contributed by atoms with Crippen molar-refractivity contribution in [2.45, 2.75) is 19.4 Å². The second kappa shape index (κ2) is 6.27. The number of nitrogens with zero attached hydrogens (tertiary/aromatic N) is 3. The fraction of sp³-hybridized carbons (Fsp3) is 0.400. The van der Waals surface area contributed by atoms with Gasteiger partial charge in [-0.2, -0.15) is 0 Å². The number of rotatable bonds is 3. The van der Waals surface area contributed by atoms with Gasteiger partial charge in [-0.05, 0) is 42.7 Å². The van der Waals surface area contributed by atoms with Gasteiger partial charge in [0.1, 0.15) is 11.5 Å². The van der Waals surface area contributed by atoms with E-state index in [4.69, 9.17) is 0 Å². The van der Waals surface area contributed by atoms with E-state index in [0.717, 1.165) is 12.0 Å². The maximum absolute atomic E-state index is 13.4. The van der Waals surface area contributed by atoms with Crippen LogP contribution < -0.4 is 0 Å². The number of hydrogen-bond acceptors (Lipinski definition) is 2. The number of carbonyl (C=O) groups is 2. The summed E-state index contributed by atoms with van der Waals surface area (Å²) in [5.74, 6) is -0.223. The summed E-state index contributed by atoms with van der Waals surface area (Å²) in [6, 6.07) is 10.0. The minimum Gasteiger partial charge on any atom is -0.347 e. The van der Waals surface area contributed by atoms with E-state index in [1.165, 1.54) is 12.1 Å². The molecule has 2 aliphatic heterocycles. The van der Waals surface area contributed by atoms with Gasteiger partial charge in [-0.1, -0.05) is 12.1 Å². The van der Waals surface area contributed by atoms with Crippen LogP contribution in [0.4, 0.5) is 4.39 Å². The van der Waals surface area contributed by atoms with Crippen molar-refractivity contribution in [1.29, 1.82) is 0 Å². The molecule has 1 atom stereocenters. The highest BCUT2D eigenvalue weighted by atomic mass is 19.1. The minimum absolute atomic E-state index is 0.0224. The molecular weight excluding hydrogens is 333 g/mol. The molecule has 3 heterocycles. The molecule has 4 rings (SSSR count). The molecule has 136 valence electrons. The average Bonchev–Trinajstić information content (AvgIpc) is 3.31. The molecular formula is C20H22FN3O2. The van der Waals surface area contributed by atoms with Gasteiger partial charge in [0.05, 0.1) is 5.41 Å². The molecule has 0 aliphatic carbocycles. The van der Waals surface area contributed by atoms with Gasteiger partial charge in [0.15, 0.2) is 0 Å². The summed E-state index contributed by atoms with van der Waals surface area (Å²) in [5, 5.41) is 0. The predicted octanol–water partition coefficient (Wildman–Crippen LogP) is 2.43. The standard InChI is InChI=1S/C20H22FN3O2/c1-22-9-3-6-17(22)18(25)24-11-8-20(14-24)7-10-23(19(20)26)13-15-4-2-5-16(21)12-15/h2-6,9,12H,7-8,10-11,13-14H2,1H3/t20-/m1/s1. The van der Waals surface area contributed by atoms with Crippen LogP contribution in [-0.4, -0.2) is 45.8 Å². The van der Waals surface area contributed by atoms with Crippen LogP contribution in [0, 0.1) is 11.2 Å². The molecule has 1 aromatic carbocycles. The summed E-state index contributed by atoms with van der Waals surface area (Å²) in [7, 11) is 1.85. The van der Waals surface area contributed by atoms with Crippen LogP contribution in [-0.2, 0) is 18.4 Å².